The molecular weight excluding hydrogens is 397 g/mol. The maximum Gasteiger partial charge on any atom is 0.349 e. The van der Waals surface area contributed by atoms with Gasteiger partial charge in [-0.25, -0.2) is 9.18 Å². The fourth-order valence-corrected chi connectivity index (χ4v) is 4.19. The van der Waals surface area contributed by atoms with Crippen LogP contribution in [0.5, 0.6) is 11.5 Å². The van der Waals surface area contributed by atoms with E-state index in [0.29, 0.717) is 46.0 Å². The zero-order valence-electron chi connectivity index (χ0n) is 15.8. The van der Waals surface area contributed by atoms with Crippen LogP contribution in [-0.4, -0.2) is 31.2 Å². The Hall–Kier alpha value is -3.13. The van der Waals surface area contributed by atoms with Crippen molar-refractivity contribution in [3.63, 3.8) is 0 Å². The Morgan fingerprint density at radius 1 is 1.17 bits per heavy atom. The van der Waals surface area contributed by atoms with Crippen LogP contribution in [0, 0.1) is 12.7 Å². The highest BCUT2D eigenvalue weighted by atomic mass is 32.1. The fraction of sp³-hybridized carbons (Fsp3) is 0.238. The summed E-state index contributed by atoms with van der Waals surface area (Å²) in [6, 6.07) is 9.71. The van der Waals surface area contributed by atoms with Crippen LogP contribution in [0.25, 0.3) is 10.1 Å². The van der Waals surface area contributed by atoms with Crippen molar-refractivity contribution in [2.45, 2.75) is 20.0 Å². The van der Waals surface area contributed by atoms with Gasteiger partial charge < -0.3 is 19.5 Å². The van der Waals surface area contributed by atoms with Crippen molar-refractivity contribution < 1.29 is 28.2 Å². The molecule has 4 rings (SSSR count). The standard InChI is InChI=1S/C21H18FNO5S/c1-11-18-14(22)4-3-5-17(18)29-19(11)21(25)28-12(2)20(24)23-13-6-7-15-16(10-13)27-9-8-26-15/h3-7,10,12H,8-9H2,1-2H3,(H,23,24)/t12-/m0/s1. The van der Waals surface area contributed by atoms with E-state index in [0.717, 1.165) is 11.3 Å². The Morgan fingerprint density at radius 3 is 2.69 bits per heavy atom. The number of fused-ring (bicyclic) bond motifs is 2. The largest absolute Gasteiger partial charge is 0.486 e. The molecule has 2 aromatic carbocycles. The second kappa shape index (κ2) is 7.71. The third-order valence-corrected chi connectivity index (χ3v) is 5.79. The Balaban J connectivity index is 1.45. The number of aryl methyl sites for hydroxylation is 1. The van der Waals surface area contributed by atoms with Crippen LogP contribution in [0.1, 0.15) is 22.2 Å². The molecule has 1 amide bonds. The maximum absolute atomic E-state index is 14.0. The van der Waals surface area contributed by atoms with Crippen molar-refractivity contribution in [1.29, 1.82) is 0 Å². The van der Waals surface area contributed by atoms with Crippen molar-refractivity contribution >= 4 is 39.0 Å². The molecule has 1 N–H and O–H groups in total. The van der Waals surface area contributed by atoms with Gasteiger partial charge in [-0.05, 0) is 43.7 Å². The van der Waals surface area contributed by atoms with Gasteiger partial charge in [0.25, 0.3) is 5.91 Å². The van der Waals surface area contributed by atoms with Gasteiger partial charge in [-0.1, -0.05) is 6.07 Å². The predicted molar refractivity (Wildman–Crippen MR) is 107 cm³/mol. The molecule has 1 aliphatic rings. The van der Waals surface area contributed by atoms with Crippen molar-refractivity contribution in [2.24, 2.45) is 0 Å². The summed E-state index contributed by atoms with van der Waals surface area (Å²) >= 11 is 1.14. The SMILES string of the molecule is Cc1c(C(=O)O[C@@H](C)C(=O)Nc2ccc3c(c2)OCCO3)sc2cccc(F)c12. The molecular formula is C21H18FNO5S. The molecule has 0 bridgehead atoms. The molecule has 6 nitrogen and oxygen atoms in total. The van der Waals surface area contributed by atoms with E-state index in [1.54, 1.807) is 37.3 Å². The fourth-order valence-electron chi connectivity index (χ4n) is 3.08. The molecule has 0 saturated carbocycles. The van der Waals surface area contributed by atoms with Gasteiger partial charge >= 0.3 is 5.97 Å². The normalized spacial score (nSPS) is 13.8. The summed E-state index contributed by atoms with van der Waals surface area (Å²) in [5.74, 6) is -0.379. The molecule has 0 spiro atoms. The number of carbonyl (C=O) groups is 2. The second-order valence-corrected chi connectivity index (χ2v) is 7.62. The summed E-state index contributed by atoms with van der Waals surface area (Å²) in [6.45, 7) is 4.06. The minimum Gasteiger partial charge on any atom is -0.486 e. The van der Waals surface area contributed by atoms with Gasteiger partial charge in [-0.3, -0.25) is 4.79 Å². The Labute approximate surface area is 170 Å². The molecule has 0 saturated heterocycles. The number of rotatable bonds is 4. The lowest BCUT2D eigenvalue weighted by molar-refractivity contribution is -0.123. The van der Waals surface area contributed by atoms with E-state index < -0.39 is 18.0 Å². The topological polar surface area (TPSA) is 73.9 Å². The summed E-state index contributed by atoms with van der Waals surface area (Å²) in [5.41, 5.74) is 1.01. The number of halogens is 1. The average molecular weight is 415 g/mol. The van der Waals surface area contributed by atoms with Gasteiger partial charge in [0.15, 0.2) is 17.6 Å². The highest BCUT2D eigenvalue weighted by molar-refractivity contribution is 7.21. The van der Waals surface area contributed by atoms with Gasteiger partial charge in [-0.15, -0.1) is 11.3 Å². The predicted octanol–water partition coefficient (Wildman–Crippen LogP) is 4.30. The number of thiophene rings is 1. The number of carbonyl (C=O) groups excluding carboxylic acids is 2. The summed E-state index contributed by atoms with van der Waals surface area (Å²) in [7, 11) is 0. The van der Waals surface area contributed by atoms with E-state index >= 15 is 0 Å². The number of benzene rings is 2. The number of anilines is 1. The molecule has 1 aromatic heterocycles. The van der Waals surface area contributed by atoms with Crippen LogP contribution in [-0.2, 0) is 9.53 Å². The Kier molecular flexibility index (Phi) is 5.10. The number of ether oxygens (including phenoxy) is 3. The molecule has 0 fully saturated rings. The van der Waals surface area contributed by atoms with Crippen LogP contribution >= 0.6 is 11.3 Å². The maximum atomic E-state index is 14.0. The lowest BCUT2D eigenvalue weighted by Gasteiger charge is -2.19. The molecule has 2 heterocycles. The van der Waals surface area contributed by atoms with Gasteiger partial charge in [0.05, 0.1) is 0 Å². The number of hydrogen-bond acceptors (Lipinski definition) is 6. The lowest BCUT2D eigenvalue weighted by atomic mass is 10.1. The van der Waals surface area contributed by atoms with E-state index in [9.17, 15) is 14.0 Å². The van der Waals surface area contributed by atoms with E-state index in [1.807, 2.05) is 0 Å². The van der Waals surface area contributed by atoms with Crippen molar-refractivity contribution in [1.82, 2.24) is 0 Å². The van der Waals surface area contributed by atoms with Crippen LogP contribution < -0.4 is 14.8 Å². The molecule has 0 unspecified atom stereocenters. The number of esters is 1. The molecule has 0 radical (unpaired) electrons. The van der Waals surface area contributed by atoms with E-state index in [-0.39, 0.29) is 10.7 Å². The molecule has 3 aromatic rings. The van der Waals surface area contributed by atoms with Gasteiger partial charge in [0.2, 0.25) is 0 Å². The van der Waals surface area contributed by atoms with Crippen LogP contribution in [0.3, 0.4) is 0 Å². The number of nitrogens with one attached hydrogen (secondary N) is 1. The summed E-state index contributed by atoms with van der Waals surface area (Å²) < 4.78 is 31.0. The molecule has 1 aliphatic heterocycles. The monoisotopic (exact) mass is 415 g/mol. The molecule has 150 valence electrons. The Morgan fingerprint density at radius 2 is 1.93 bits per heavy atom. The lowest BCUT2D eigenvalue weighted by Crippen LogP contribution is -2.30. The first-order chi connectivity index (χ1) is 13.9. The Bertz CT molecular complexity index is 1110. The third-order valence-electron chi connectivity index (χ3n) is 4.55. The zero-order chi connectivity index (χ0) is 20.5. The highest BCUT2D eigenvalue weighted by Gasteiger charge is 2.24. The third kappa shape index (κ3) is 3.75. The number of amides is 1. The van der Waals surface area contributed by atoms with Crippen LogP contribution in [0.15, 0.2) is 36.4 Å². The summed E-state index contributed by atoms with van der Waals surface area (Å²) in [6.07, 6.45) is -1.04. The smallest absolute Gasteiger partial charge is 0.349 e. The van der Waals surface area contributed by atoms with Gasteiger partial charge in [0.1, 0.15) is 23.9 Å². The van der Waals surface area contributed by atoms with Crippen LogP contribution in [0.4, 0.5) is 10.1 Å². The van der Waals surface area contributed by atoms with Gasteiger partial charge in [-0.2, -0.15) is 0 Å². The molecule has 8 heteroatoms. The molecule has 1 atom stereocenters. The molecule has 0 aliphatic carbocycles. The number of hydrogen-bond donors (Lipinski definition) is 1. The first kappa shape index (κ1) is 19.2. The van der Waals surface area contributed by atoms with Crippen molar-refractivity contribution in [3.8, 4) is 11.5 Å². The van der Waals surface area contributed by atoms with E-state index in [1.165, 1.54) is 13.0 Å². The first-order valence-corrected chi connectivity index (χ1v) is 9.85. The quantitative estimate of drug-likeness (QED) is 0.643. The summed E-state index contributed by atoms with van der Waals surface area (Å²) in [4.78, 5) is 25.3. The minimum absolute atomic E-state index is 0.282. The minimum atomic E-state index is -1.04. The highest BCUT2D eigenvalue weighted by Crippen LogP contribution is 2.34. The second-order valence-electron chi connectivity index (χ2n) is 6.56. The van der Waals surface area contributed by atoms with Crippen molar-refractivity contribution in [3.05, 3.63) is 52.7 Å². The average Bonchev–Trinajstić information content (AvgIpc) is 3.05. The zero-order valence-corrected chi connectivity index (χ0v) is 16.6. The van der Waals surface area contributed by atoms with Crippen LogP contribution in [0.2, 0.25) is 0 Å². The van der Waals surface area contributed by atoms with E-state index in [2.05, 4.69) is 5.32 Å². The first-order valence-electron chi connectivity index (χ1n) is 9.03. The van der Waals surface area contributed by atoms with Gasteiger partial charge in [0, 0.05) is 21.8 Å². The molecule has 29 heavy (non-hydrogen) atoms. The van der Waals surface area contributed by atoms with E-state index in [4.69, 9.17) is 14.2 Å². The van der Waals surface area contributed by atoms with Crippen molar-refractivity contribution in [2.75, 3.05) is 18.5 Å². The summed E-state index contributed by atoms with van der Waals surface area (Å²) in [5, 5.41) is 3.09.